The van der Waals surface area contributed by atoms with Crippen molar-refractivity contribution in [2.24, 2.45) is 5.92 Å². The molecule has 1 saturated heterocycles. The van der Waals surface area contributed by atoms with Crippen LogP contribution in [0.5, 0.6) is 5.75 Å². The number of nitrogens with one attached hydrogen (secondary N) is 1. The highest BCUT2D eigenvalue weighted by Crippen LogP contribution is 2.49. The third kappa shape index (κ3) is 2.40. The van der Waals surface area contributed by atoms with Gasteiger partial charge in [0.1, 0.15) is 5.75 Å². The van der Waals surface area contributed by atoms with E-state index in [9.17, 15) is 5.11 Å². The molecule has 0 saturated carbocycles. The standard InChI is InChI=1S/C18H18BrNO2/c19-12-6-7-16-15(10-12)18-14(5-2-8-22-18)17(20-16)11-3-1-4-13(21)9-11/h1,3-4,6-7,9-10,14,17-18,20-21H,2,5,8H2/t14-,17-,18+/m0/s1. The highest BCUT2D eigenvalue weighted by atomic mass is 79.9. The summed E-state index contributed by atoms with van der Waals surface area (Å²) in [5.41, 5.74) is 3.48. The number of rotatable bonds is 1. The van der Waals surface area contributed by atoms with Crippen LogP contribution < -0.4 is 5.32 Å². The Bertz CT molecular complexity index is 703. The number of benzene rings is 2. The molecule has 22 heavy (non-hydrogen) atoms. The summed E-state index contributed by atoms with van der Waals surface area (Å²) in [5, 5.41) is 13.5. The largest absolute Gasteiger partial charge is 0.508 e. The van der Waals surface area contributed by atoms with Crippen LogP contribution in [0.25, 0.3) is 0 Å². The van der Waals surface area contributed by atoms with Gasteiger partial charge >= 0.3 is 0 Å². The molecule has 1 fully saturated rings. The van der Waals surface area contributed by atoms with Gasteiger partial charge in [-0.05, 0) is 48.7 Å². The second-order valence-electron chi connectivity index (χ2n) is 6.05. The lowest BCUT2D eigenvalue weighted by atomic mass is 9.77. The molecule has 2 aliphatic heterocycles. The summed E-state index contributed by atoms with van der Waals surface area (Å²) < 4.78 is 7.20. The van der Waals surface area contributed by atoms with E-state index >= 15 is 0 Å². The average molecular weight is 360 g/mol. The summed E-state index contributed by atoms with van der Waals surface area (Å²) in [7, 11) is 0. The average Bonchev–Trinajstić information content (AvgIpc) is 2.54. The molecule has 2 aromatic rings. The van der Waals surface area contributed by atoms with Crippen molar-refractivity contribution in [2.45, 2.75) is 25.0 Å². The normalized spacial score (nSPS) is 26.7. The van der Waals surface area contributed by atoms with Crippen LogP contribution in [-0.4, -0.2) is 11.7 Å². The molecule has 3 nitrogen and oxygen atoms in total. The van der Waals surface area contributed by atoms with Gasteiger partial charge in [-0.2, -0.15) is 0 Å². The molecule has 4 rings (SSSR count). The Hall–Kier alpha value is -1.52. The van der Waals surface area contributed by atoms with Gasteiger partial charge in [0.2, 0.25) is 0 Å². The molecule has 2 N–H and O–H groups in total. The van der Waals surface area contributed by atoms with Crippen molar-refractivity contribution in [1.29, 1.82) is 0 Å². The molecule has 0 aliphatic carbocycles. The molecule has 4 heteroatoms. The fourth-order valence-electron chi connectivity index (χ4n) is 3.69. The molecule has 0 radical (unpaired) electrons. The molecule has 2 aliphatic rings. The van der Waals surface area contributed by atoms with E-state index in [1.165, 1.54) is 5.56 Å². The molecule has 2 aromatic carbocycles. The van der Waals surface area contributed by atoms with Gasteiger partial charge in [0.15, 0.2) is 0 Å². The first-order valence-corrected chi connectivity index (χ1v) is 8.48. The van der Waals surface area contributed by atoms with Gasteiger partial charge in [-0.15, -0.1) is 0 Å². The van der Waals surface area contributed by atoms with Crippen molar-refractivity contribution in [3.63, 3.8) is 0 Å². The maximum atomic E-state index is 9.81. The van der Waals surface area contributed by atoms with Crippen LogP contribution in [0.1, 0.15) is 36.1 Å². The monoisotopic (exact) mass is 359 g/mol. The third-order valence-electron chi connectivity index (χ3n) is 4.66. The van der Waals surface area contributed by atoms with Gasteiger partial charge in [-0.1, -0.05) is 28.1 Å². The lowest BCUT2D eigenvalue weighted by Gasteiger charge is -2.43. The minimum atomic E-state index is 0.120. The summed E-state index contributed by atoms with van der Waals surface area (Å²) in [6.07, 6.45) is 2.33. The SMILES string of the molecule is Oc1cccc([C@@H]2Nc3ccc(Br)cc3[C@@H]3OCCC[C@@H]23)c1. The van der Waals surface area contributed by atoms with E-state index in [0.29, 0.717) is 11.7 Å². The molecular weight excluding hydrogens is 342 g/mol. The minimum absolute atomic E-state index is 0.120. The quantitative estimate of drug-likeness (QED) is 0.768. The fraction of sp³-hybridized carbons (Fsp3) is 0.333. The number of halogens is 1. The van der Waals surface area contributed by atoms with Crippen LogP contribution in [0.3, 0.4) is 0 Å². The van der Waals surface area contributed by atoms with Crippen molar-refractivity contribution in [2.75, 3.05) is 11.9 Å². The van der Waals surface area contributed by atoms with Crippen molar-refractivity contribution < 1.29 is 9.84 Å². The number of fused-ring (bicyclic) bond motifs is 3. The Morgan fingerprint density at radius 3 is 2.95 bits per heavy atom. The van der Waals surface area contributed by atoms with Crippen molar-refractivity contribution in [1.82, 2.24) is 0 Å². The van der Waals surface area contributed by atoms with Crippen molar-refractivity contribution >= 4 is 21.6 Å². The summed E-state index contributed by atoms with van der Waals surface area (Å²) in [5.74, 6) is 0.700. The number of aromatic hydroxyl groups is 1. The van der Waals surface area contributed by atoms with E-state index < -0.39 is 0 Å². The molecule has 0 spiro atoms. The minimum Gasteiger partial charge on any atom is -0.508 e. The second kappa shape index (κ2) is 5.60. The number of hydrogen-bond acceptors (Lipinski definition) is 3. The van der Waals surface area contributed by atoms with Crippen LogP contribution in [0, 0.1) is 5.92 Å². The zero-order valence-corrected chi connectivity index (χ0v) is 13.7. The van der Waals surface area contributed by atoms with Crippen LogP contribution >= 0.6 is 15.9 Å². The highest BCUT2D eigenvalue weighted by Gasteiger charge is 2.39. The summed E-state index contributed by atoms with van der Waals surface area (Å²) in [6, 6.07) is 14.0. The predicted molar refractivity (Wildman–Crippen MR) is 90.0 cm³/mol. The van der Waals surface area contributed by atoms with E-state index in [2.05, 4.69) is 45.5 Å². The molecule has 0 bridgehead atoms. The molecule has 114 valence electrons. The van der Waals surface area contributed by atoms with Gasteiger partial charge in [0.25, 0.3) is 0 Å². The Kier molecular flexibility index (Phi) is 3.59. The lowest BCUT2D eigenvalue weighted by molar-refractivity contribution is -0.0381. The molecule has 2 heterocycles. The fourth-order valence-corrected chi connectivity index (χ4v) is 4.07. The van der Waals surface area contributed by atoms with E-state index in [1.807, 2.05) is 12.1 Å². The number of anilines is 1. The van der Waals surface area contributed by atoms with Crippen molar-refractivity contribution in [3.05, 3.63) is 58.1 Å². The molecule has 0 amide bonds. The first-order valence-electron chi connectivity index (χ1n) is 7.69. The number of hydrogen-bond donors (Lipinski definition) is 2. The van der Waals surface area contributed by atoms with Crippen LogP contribution in [0.2, 0.25) is 0 Å². The lowest BCUT2D eigenvalue weighted by Crippen LogP contribution is -2.35. The molecule has 0 aromatic heterocycles. The summed E-state index contributed by atoms with van der Waals surface area (Å²) >= 11 is 3.56. The van der Waals surface area contributed by atoms with Crippen LogP contribution in [0.15, 0.2) is 46.9 Å². The van der Waals surface area contributed by atoms with Gasteiger partial charge in [0.05, 0.1) is 12.1 Å². The van der Waals surface area contributed by atoms with Crippen LogP contribution in [-0.2, 0) is 4.74 Å². The van der Waals surface area contributed by atoms with Gasteiger partial charge in [-0.25, -0.2) is 0 Å². The third-order valence-corrected chi connectivity index (χ3v) is 5.15. The number of ether oxygens (including phenoxy) is 1. The topological polar surface area (TPSA) is 41.5 Å². The van der Waals surface area contributed by atoms with Gasteiger partial charge in [0, 0.05) is 28.2 Å². The van der Waals surface area contributed by atoms with Crippen molar-refractivity contribution in [3.8, 4) is 5.75 Å². The summed E-state index contributed by atoms with van der Waals surface area (Å²) in [6.45, 7) is 0.819. The zero-order chi connectivity index (χ0) is 15.1. The van der Waals surface area contributed by atoms with Crippen LogP contribution in [0.4, 0.5) is 5.69 Å². The Labute approximate surface area is 138 Å². The van der Waals surface area contributed by atoms with E-state index in [4.69, 9.17) is 4.74 Å². The smallest absolute Gasteiger partial charge is 0.115 e. The second-order valence-corrected chi connectivity index (χ2v) is 6.96. The maximum Gasteiger partial charge on any atom is 0.115 e. The Morgan fingerprint density at radius 2 is 2.09 bits per heavy atom. The van der Waals surface area contributed by atoms with E-state index in [1.54, 1.807) is 6.07 Å². The van der Waals surface area contributed by atoms with Gasteiger partial charge < -0.3 is 15.2 Å². The number of phenols is 1. The Morgan fingerprint density at radius 1 is 1.18 bits per heavy atom. The molecule has 0 unspecified atom stereocenters. The maximum absolute atomic E-state index is 9.81. The predicted octanol–water partition coefficient (Wildman–Crippen LogP) is 4.79. The molecule has 3 atom stereocenters. The highest BCUT2D eigenvalue weighted by molar-refractivity contribution is 9.10. The zero-order valence-electron chi connectivity index (χ0n) is 12.1. The van der Waals surface area contributed by atoms with Gasteiger partial charge in [-0.3, -0.25) is 0 Å². The number of phenolic OH excluding ortho intramolecular Hbond substituents is 1. The first-order chi connectivity index (χ1) is 10.7. The first kappa shape index (κ1) is 14.1. The summed E-state index contributed by atoms with van der Waals surface area (Å²) in [4.78, 5) is 0. The van der Waals surface area contributed by atoms with E-state index in [0.717, 1.165) is 35.2 Å². The van der Waals surface area contributed by atoms with E-state index in [-0.39, 0.29) is 12.1 Å². The Balaban J connectivity index is 1.79. The molecular formula is C18H18BrNO2.